The van der Waals surface area contributed by atoms with Crippen LogP contribution in [0.2, 0.25) is 0 Å². The molecule has 1 saturated heterocycles. The number of hydrogen-bond acceptors (Lipinski definition) is 4. The fraction of sp³-hybridized carbons (Fsp3) is 0.529. The molecule has 3 heterocycles. The Bertz CT molecular complexity index is 850. The predicted octanol–water partition coefficient (Wildman–Crippen LogP) is 0.513. The van der Waals surface area contributed by atoms with E-state index < -0.39 is 11.2 Å². The largest absolute Gasteiger partial charge is 0.338 e. The highest BCUT2D eigenvalue weighted by molar-refractivity contribution is 5.76. The summed E-state index contributed by atoms with van der Waals surface area (Å²) in [5, 5.41) is 0. The van der Waals surface area contributed by atoms with Gasteiger partial charge in [0.15, 0.2) is 0 Å². The van der Waals surface area contributed by atoms with Gasteiger partial charge in [-0.25, -0.2) is 9.78 Å². The molecule has 1 N–H and O–H groups in total. The Hall–Kier alpha value is -2.64. The van der Waals surface area contributed by atoms with Gasteiger partial charge >= 0.3 is 5.69 Å². The summed E-state index contributed by atoms with van der Waals surface area (Å²) in [5.41, 5.74) is -1.01. The minimum Gasteiger partial charge on any atom is -0.338 e. The minimum absolute atomic E-state index is 0.0454. The van der Waals surface area contributed by atoms with E-state index in [0.717, 1.165) is 38.1 Å². The molecule has 2 aromatic rings. The summed E-state index contributed by atoms with van der Waals surface area (Å²) in [4.78, 5) is 43.9. The van der Waals surface area contributed by atoms with Crippen molar-refractivity contribution in [1.82, 2.24) is 24.0 Å². The number of H-pyrrole nitrogens is 1. The first-order chi connectivity index (χ1) is 12.0. The molecule has 25 heavy (non-hydrogen) atoms. The number of imidazole rings is 1. The van der Waals surface area contributed by atoms with Gasteiger partial charge in [-0.2, -0.15) is 0 Å². The van der Waals surface area contributed by atoms with Gasteiger partial charge in [-0.1, -0.05) is 0 Å². The molecule has 0 unspecified atom stereocenters. The number of aromatic amines is 1. The first kappa shape index (κ1) is 17.2. The zero-order valence-electron chi connectivity index (χ0n) is 14.4. The highest BCUT2D eigenvalue weighted by atomic mass is 16.2. The highest BCUT2D eigenvalue weighted by Crippen LogP contribution is 2.21. The third kappa shape index (κ3) is 4.07. The number of carbonyl (C=O) groups is 1. The Kier molecular flexibility index (Phi) is 5.16. The Morgan fingerprint density at radius 2 is 2.12 bits per heavy atom. The van der Waals surface area contributed by atoms with Crippen LogP contribution < -0.4 is 11.2 Å². The van der Waals surface area contributed by atoms with E-state index in [0.29, 0.717) is 6.54 Å². The third-order valence-corrected chi connectivity index (χ3v) is 4.78. The molecule has 3 rings (SSSR count). The van der Waals surface area contributed by atoms with Crippen LogP contribution in [0.1, 0.15) is 31.5 Å². The zero-order chi connectivity index (χ0) is 17.8. The van der Waals surface area contributed by atoms with Gasteiger partial charge in [0.05, 0.1) is 0 Å². The third-order valence-electron chi connectivity index (χ3n) is 4.78. The lowest BCUT2D eigenvalue weighted by molar-refractivity contribution is -0.135. The summed E-state index contributed by atoms with van der Waals surface area (Å²) in [6.45, 7) is 3.45. The predicted molar refractivity (Wildman–Crippen MR) is 92.3 cm³/mol. The van der Waals surface area contributed by atoms with Gasteiger partial charge in [-0.05, 0) is 32.6 Å². The van der Waals surface area contributed by atoms with Gasteiger partial charge in [0, 0.05) is 43.8 Å². The SMILES string of the molecule is Cc1nccn1CC[C@H]1CCCCN1C(=O)Cn1ccc(=O)[nH]c1=O. The van der Waals surface area contributed by atoms with Crippen LogP contribution in [0.3, 0.4) is 0 Å². The maximum atomic E-state index is 12.7. The lowest BCUT2D eigenvalue weighted by Crippen LogP contribution is -2.46. The van der Waals surface area contributed by atoms with Crippen molar-refractivity contribution in [3.63, 3.8) is 0 Å². The van der Waals surface area contributed by atoms with Crippen LogP contribution in [0.5, 0.6) is 0 Å². The molecule has 0 spiro atoms. The van der Waals surface area contributed by atoms with Crippen LogP contribution in [0.4, 0.5) is 0 Å². The van der Waals surface area contributed by atoms with E-state index >= 15 is 0 Å². The molecule has 0 bridgehead atoms. The summed E-state index contributed by atoms with van der Waals surface area (Å²) < 4.78 is 3.33. The lowest BCUT2D eigenvalue weighted by atomic mass is 9.99. The van der Waals surface area contributed by atoms with Gasteiger partial charge < -0.3 is 9.47 Å². The number of likely N-dealkylation sites (tertiary alicyclic amines) is 1. The summed E-state index contributed by atoms with van der Waals surface area (Å²) >= 11 is 0. The number of hydrogen-bond donors (Lipinski definition) is 1. The maximum Gasteiger partial charge on any atom is 0.328 e. The van der Waals surface area contributed by atoms with Crippen LogP contribution in [0.15, 0.2) is 34.2 Å². The van der Waals surface area contributed by atoms with Crippen molar-refractivity contribution in [2.45, 2.75) is 51.7 Å². The number of carbonyl (C=O) groups excluding carboxylic acids is 1. The molecule has 0 aromatic carbocycles. The van der Waals surface area contributed by atoms with E-state index in [1.165, 1.54) is 16.8 Å². The molecular formula is C17H23N5O3. The standard InChI is InChI=1S/C17H23N5O3/c1-13-18-7-11-20(13)9-5-14-4-2-3-8-22(14)16(24)12-21-10-6-15(23)19-17(21)25/h6-7,10-11,14H,2-5,8-9,12H2,1H3,(H,19,23,25)/t14-/m1/s1. The van der Waals surface area contributed by atoms with Gasteiger partial charge in [-0.3, -0.25) is 19.1 Å². The molecule has 8 nitrogen and oxygen atoms in total. The molecule has 1 aliphatic heterocycles. The molecule has 0 saturated carbocycles. The van der Waals surface area contributed by atoms with Crippen molar-refractivity contribution in [3.8, 4) is 0 Å². The molecule has 134 valence electrons. The summed E-state index contributed by atoms with van der Waals surface area (Å²) in [6, 6.07) is 1.42. The molecular weight excluding hydrogens is 322 g/mol. The molecule has 1 aliphatic rings. The van der Waals surface area contributed by atoms with Gasteiger partial charge in [0.25, 0.3) is 5.56 Å². The second-order valence-corrected chi connectivity index (χ2v) is 6.43. The van der Waals surface area contributed by atoms with E-state index in [4.69, 9.17) is 0 Å². The van der Waals surface area contributed by atoms with Crippen molar-refractivity contribution in [2.24, 2.45) is 0 Å². The van der Waals surface area contributed by atoms with Crippen LogP contribution in [-0.2, 0) is 17.9 Å². The first-order valence-corrected chi connectivity index (χ1v) is 8.61. The Morgan fingerprint density at radius 3 is 2.84 bits per heavy atom. The van der Waals surface area contributed by atoms with Crippen LogP contribution >= 0.6 is 0 Å². The second kappa shape index (κ2) is 7.50. The van der Waals surface area contributed by atoms with E-state index in [1.807, 2.05) is 18.0 Å². The molecule has 1 amide bonds. The fourth-order valence-electron chi connectivity index (χ4n) is 3.36. The molecule has 0 radical (unpaired) electrons. The number of aromatic nitrogens is 4. The van der Waals surface area contributed by atoms with Crippen LogP contribution in [-0.4, -0.2) is 42.5 Å². The quantitative estimate of drug-likeness (QED) is 0.855. The van der Waals surface area contributed by atoms with E-state index in [9.17, 15) is 14.4 Å². The summed E-state index contributed by atoms with van der Waals surface area (Å²) in [6.07, 6.45) is 9.02. The topological polar surface area (TPSA) is 93.0 Å². The monoisotopic (exact) mass is 345 g/mol. The van der Waals surface area contributed by atoms with Crippen molar-refractivity contribution in [3.05, 3.63) is 51.3 Å². The number of piperidine rings is 1. The molecule has 1 atom stereocenters. The second-order valence-electron chi connectivity index (χ2n) is 6.43. The maximum absolute atomic E-state index is 12.7. The van der Waals surface area contributed by atoms with E-state index in [2.05, 4.69) is 14.5 Å². The average Bonchev–Trinajstić information content (AvgIpc) is 3.01. The number of nitrogens with zero attached hydrogens (tertiary/aromatic N) is 4. The number of amides is 1. The number of aryl methyl sites for hydroxylation is 2. The van der Waals surface area contributed by atoms with Crippen molar-refractivity contribution >= 4 is 5.91 Å². The first-order valence-electron chi connectivity index (χ1n) is 8.61. The highest BCUT2D eigenvalue weighted by Gasteiger charge is 2.26. The fourth-order valence-corrected chi connectivity index (χ4v) is 3.36. The Balaban J connectivity index is 1.67. The average molecular weight is 345 g/mol. The molecule has 0 aliphatic carbocycles. The Morgan fingerprint density at radius 1 is 1.28 bits per heavy atom. The summed E-state index contributed by atoms with van der Waals surface area (Å²) in [7, 11) is 0. The number of rotatable bonds is 5. The van der Waals surface area contributed by atoms with E-state index in [1.54, 1.807) is 6.20 Å². The Labute approximate surface area is 145 Å². The molecule has 2 aromatic heterocycles. The van der Waals surface area contributed by atoms with E-state index in [-0.39, 0.29) is 18.5 Å². The van der Waals surface area contributed by atoms with Gasteiger partial charge in [0.2, 0.25) is 5.91 Å². The van der Waals surface area contributed by atoms with Crippen LogP contribution in [0, 0.1) is 6.92 Å². The van der Waals surface area contributed by atoms with Gasteiger partial charge in [-0.15, -0.1) is 0 Å². The van der Waals surface area contributed by atoms with Crippen LogP contribution in [0.25, 0.3) is 0 Å². The lowest BCUT2D eigenvalue weighted by Gasteiger charge is -2.36. The zero-order valence-corrected chi connectivity index (χ0v) is 14.4. The molecule has 8 heteroatoms. The van der Waals surface area contributed by atoms with Crippen molar-refractivity contribution < 1.29 is 4.79 Å². The van der Waals surface area contributed by atoms with Crippen molar-refractivity contribution in [1.29, 1.82) is 0 Å². The normalized spacial score (nSPS) is 17.6. The minimum atomic E-state index is -0.552. The smallest absolute Gasteiger partial charge is 0.328 e. The summed E-state index contributed by atoms with van der Waals surface area (Å²) in [5.74, 6) is 0.884. The van der Waals surface area contributed by atoms with Gasteiger partial charge in [0.1, 0.15) is 12.4 Å². The molecule has 1 fully saturated rings. The van der Waals surface area contributed by atoms with Crippen molar-refractivity contribution in [2.75, 3.05) is 6.54 Å². The number of nitrogens with one attached hydrogen (secondary N) is 1.